The molecule has 0 bridgehead atoms. The van der Waals surface area contributed by atoms with Crippen molar-refractivity contribution in [2.75, 3.05) is 0 Å². The van der Waals surface area contributed by atoms with Crippen LogP contribution in [-0.4, -0.2) is 3.96 Å². The molecule has 0 atom stereocenters. The third-order valence-electron chi connectivity index (χ3n) is 3.20. The van der Waals surface area contributed by atoms with Gasteiger partial charge in [-0.3, -0.25) is 8.75 Å². The van der Waals surface area contributed by atoms with Crippen molar-refractivity contribution >= 4 is 21.6 Å². The van der Waals surface area contributed by atoms with E-state index in [9.17, 15) is 4.79 Å². The third-order valence-corrected chi connectivity index (χ3v) is 4.29. The predicted octanol–water partition coefficient (Wildman–Crippen LogP) is 2.86. The zero-order valence-electron chi connectivity index (χ0n) is 8.48. The van der Waals surface area contributed by atoms with Crippen molar-refractivity contribution in [3.05, 3.63) is 34.6 Å². The molecule has 1 heterocycles. The first-order valence-electron chi connectivity index (χ1n) is 5.43. The lowest BCUT2D eigenvalue weighted by atomic mass is 9.86. The van der Waals surface area contributed by atoms with Gasteiger partial charge in [0, 0.05) is 6.54 Å². The largest absolute Gasteiger partial charge is 0.268 e. The SMILES string of the molecule is O=c1c2ccccc2sn1CC1CCC1. The molecule has 3 rings (SSSR count). The monoisotopic (exact) mass is 219 g/mol. The van der Waals surface area contributed by atoms with Crippen molar-refractivity contribution in [3.63, 3.8) is 0 Å². The molecule has 1 aliphatic carbocycles. The number of nitrogens with zero attached hydrogens (tertiary/aromatic N) is 1. The zero-order valence-corrected chi connectivity index (χ0v) is 9.30. The van der Waals surface area contributed by atoms with Crippen molar-refractivity contribution in [1.82, 2.24) is 3.96 Å². The fraction of sp³-hybridized carbons (Fsp3) is 0.417. The summed E-state index contributed by atoms with van der Waals surface area (Å²) in [5, 5.41) is 0.877. The van der Waals surface area contributed by atoms with Crippen LogP contribution in [0.2, 0.25) is 0 Å². The van der Waals surface area contributed by atoms with Crippen LogP contribution in [0.15, 0.2) is 29.1 Å². The highest BCUT2D eigenvalue weighted by Gasteiger charge is 2.19. The van der Waals surface area contributed by atoms with Gasteiger partial charge in [-0.1, -0.05) is 30.1 Å². The number of rotatable bonds is 2. The van der Waals surface area contributed by atoms with Gasteiger partial charge in [-0.25, -0.2) is 0 Å². The number of fused-ring (bicyclic) bond motifs is 1. The molecule has 3 heteroatoms. The first kappa shape index (κ1) is 9.16. The molecule has 1 aliphatic rings. The van der Waals surface area contributed by atoms with E-state index in [1.54, 1.807) is 11.5 Å². The van der Waals surface area contributed by atoms with Crippen molar-refractivity contribution in [3.8, 4) is 0 Å². The van der Waals surface area contributed by atoms with Crippen molar-refractivity contribution < 1.29 is 0 Å². The minimum Gasteiger partial charge on any atom is -0.268 e. The van der Waals surface area contributed by atoms with E-state index < -0.39 is 0 Å². The van der Waals surface area contributed by atoms with Gasteiger partial charge in [0.2, 0.25) is 0 Å². The number of benzene rings is 1. The molecule has 1 aromatic carbocycles. The Hall–Kier alpha value is -1.09. The van der Waals surface area contributed by atoms with Gasteiger partial charge >= 0.3 is 0 Å². The lowest BCUT2D eigenvalue weighted by molar-refractivity contribution is 0.282. The summed E-state index contributed by atoms with van der Waals surface area (Å²) < 4.78 is 3.04. The molecular weight excluding hydrogens is 206 g/mol. The van der Waals surface area contributed by atoms with Gasteiger partial charge in [-0.05, 0) is 30.9 Å². The summed E-state index contributed by atoms with van der Waals surface area (Å²) in [7, 11) is 0. The smallest absolute Gasteiger partial charge is 0.268 e. The molecule has 0 aliphatic heterocycles. The second kappa shape index (κ2) is 3.49. The summed E-state index contributed by atoms with van der Waals surface area (Å²) >= 11 is 1.61. The summed E-state index contributed by atoms with van der Waals surface area (Å²) in [4.78, 5) is 12.0. The van der Waals surface area contributed by atoms with E-state index in [0.717, 1.165) is 22.5 Å². The number of aromatic nitrogens is 1. The molecular formula is C12H13NOS. The fourth-order valence-corrected chi connectivity index (χ4v) is 3.14. The van der Waals surface area contributed by atoms with E-state index in [1.807, 2.05) is 28.2 Å². The van der Waals surface area contributed by atoms with Crippen LogP contribution < -0.4 is 5.56 Å². The highest BCUT2D eigenvalue weighted by atomic mass is 32.1. The van der Waals surface area contributed by atoms with E-state index in [-0.39, 0.29) is 5.56 Å². The van der Waals surface area contributed by atoms with Crippen molar-refractivity contribution in [2.45, 2.75) is 25.8 Å². The number of hydrogen-bond acceptors (Lipinski definition) is 2. The molecule has 0 N–H and O–H groups in total. The van der Waals surface area contributed by atoms with Crippen LogP contribution in [0, 0.1) is 5.92 Å². The summed E-state index contributed by atoms with van der Waals surface area (Å²) in [6, 6.07) is 7.88. The molecule has 1 saturated carbocycles. The van der Waals surface area contributed by atoms with Crippen LogP contribution in [-0.2, 0) is 6.54 Å². The van der Waals surface area contributed by atoms with E-state index in [2.05, 4.69) is 0 Å². The van der Waals surface area contributed by atoms with E-state index in [1.165, 1.54) is 19.3 Å². The van der Waals surface area contributed by atoms with Gasteiger partial charge in [-0.15, -0.1) is 0 Å². The van der Waals surface area contributed by atoms with Gasteiger partial charge in [0.1, 0.15) is 0 Å². The van der Waals surface area contributed by atoms with Gasteiger partial charge < -0.3 is 0 Å². The van der Waals surface area contributed by atoms with Gasteiger partial charge in [-0.2, -0.15) is 0 Å². The Kier molecular flexibility index (Phi) is 2.13. The highest BCUT2D eigenvalue weighted by molar-refractivity contribution is 7.13. The lowest BCUT2D eigenvalue weighted by Crippen LogP contribution is -2.23. The van der Waals surface area contributed by atoms with Crippen LogP contribution in [0.25, 0.3) is 10.1 Å². The normalized spacial score (nSPS) is 16.8. The van der Waals surface area contributed by atoms with E-state index in [4.69, 9.17) is 0 Å². The average Bonchev–Trinajstić information content (AvgIpc) is 2.51. The molecule has 0 saturated heterocycles. The highest BCUT2D eigenvalue weighted by Crippen LogP contribution is 2.28. The van der Waals surface area contributed by atoms with Crippen LogP contribution in [0.5, 0.6) is 0 Å². The van der Waals surface area contributed by atoms with Gasteiger partial charge in [0.15, 0.2) is 0 Å². The molecule has 15 heavy (non-hydrogen) atoms. The Balaban J connectivity index is 2.03. The maximum absolute atomic E-state index is 12.0. The Labute approximate surface area is 92.3 Å². The fourth-order valence-electron chi connectivity index (χ4n) is 2.05. The molecule has 2 nitrogen and oxygen atoms in total. The van der Waals surface area contributed by atoms with Gasteiger partial charge in [0.05, 0.1) is 10.1 Å². The molecule has 0 spiro atoms. The molecule has 0 amide bonds. The molecule has 0 radical (unpaired) electrons. The van der Waals surface area contributed by atoms with Crippen LogP contribution in [0.1, 0.15) is 19.3 Å². The van der Waals surface area contributed by atoms with Crippen molar-refractivity contribution in [2.24, 2.45) is 5.92 Å². The van der Waals surface area contributed by atoms with Crippen molar-refractivity contribution in [1.29, 1.82) is 0 Å². The molecule has 78 valence electrons. The third kappa shape index (κ3) is 1.51. The van der Waals surface area contributed by atoms with Crippen LogP contribution in [0.4, 0.5) is 0 Å². The minimum absolute atomic E-state index is 0.197. The Morgan fingerprint density at radius 3 is 2.80 bits per heavy atom. The van der Waals surface area contributed by atoms with E-state index >= 15 is 0 Å². The summed E-state index contributed by atoms with van der Waals surface area (Å²) in [5.74, 6) is 0.746. The second-order valence-electron chi connectivity index (χ2n) is 4.25. The predicted molar refractivity (Wildman–Crippen MR) is 63.4 cm³/mol. The summed E-state index contributed by atoms with van der Waals surface area (Å²) in [6.45, 7) is 0.929. The van der Waals surface area contributed by atoms with Crippen LogP contribution in [0.3, 0.4) is 0 Å². The Morgan fingerprint density at radius 2 is 2.13 bits per heavy atom. The van der Waals surface area contributed by atoms with Gasteiger partial charge in [0.25, 0.3) is 5.56 Å². The van der Waals surface area contributed by atoms with E-state index in [0.29, 0.717) is 0 Å². The second-order valence-corrected chi connectivity index (χ2v) is 5.31. The van der Waals surface area contributed by atoms with Crippen LogP contribution >= 0.6 is 11.5 Å². The quantitative estimate of drug-likeness (QED) is 0.761. The summed E-state index contributed by atoms with van der Waals surface area (Å²) in [6.07, 6.45) is 3.92. The first-order valence-corrected chi connectivity index (χ1v) is 6.21. The topological polar surface area (TPSA) is 22.0 Å². The molecule has 0 unspecified atom stereocenters. The Bertz CT molecular complexity index is 536. The molecule has 1 aromatic heterocycles. The average molecular weight is 219 g/mol. The number of hydrogen-bond donors (Lipinski definition) is 0. The molecule has 1 fully saturated rings. The standard InChI is InChI=1S/C12H13NOS/c14-12-10-6-1-2-7-11(10)15-13(12)8-9-4-3-5-9/h1-2,6-7,9H,3-5,8H2. The Morgan fingerprint density at radius 1 is 1.33 bits per heavy atom. The first-order chi connectivity index (χ1) is 7.34. The maximum atomic E-state index is 12.0. The minimum atomic E-state index is 0.197. The lowest BCUT2D eigenvalue weighted by Gasteiger charge is -2.24. The maximum Gasteiger partial charge on any atom is 0.268 e. The molecule has 2 aromatic rings. The summed E-state index contributed by atoms with van der Waals surface area (Å²) in [5.41, 5.74) is 0.197. The zero-order chi connectivity index (χ0) is 10.3.